The van der Waals surface area contributed by atoms with Gasteiger partial charge in [0.25, 0.3) is 0 Å². The summed E-state index contributed by atoms with van der Waals surface area (Å²) < 4.78 is 6.82. The summed E-state index contributed by atoms with van der Waals surface area (Å²) in [5, 5.41) is 2.30. The molecule has 2 nitrogen and oxygen atoms in total. The van der Waals surface area contributed by atoms with E-state index in [-0.39, 0.29) is 16.2 Å². The predicted molar refractivity (Wildman–Crippen MR) is 237 cm³/mol. The van der Waals surface area contributed by atoms with Crippen LogP contribution < -0.4 is 4.90 Å². The van der Waals surface area contributed by atoms with Gasteiger partial charge >= 0.3 is 0 Å². The number of fused-ring (bicyclic) bond motifs is 9. The number of furan rings is 1. The van der Waals surface area contributed by atoms with E-state index < -0.39 is 0 Å². The summed E-state index contributed by atoms with van der Waals surface area (Å²) in [4.78, 5) is 2.52. The van der Waals surface area contributed by atoms with Crippen molar-refractivity contribution in [2.24, 2.45) is 0 Å². The fraction of sp³-hybridized carbons (Fsp3) is 0.222. The van der Waals surface area contributed by atoms with E-state index in [2.05, 4.69) is 201 Å². The number of hydrogen-bond acceptors (Lipinski definition) is 2. The molecular formula is C54H49NO. The molecule has 0 fully saturated rings. The minimum absolute atomic E-state index is 0.0749. The van der Waals surface area contributed by atoms with Crippen molar-refractivity contribution < 1.29 is 4.42 Å². The summed E-state index contributed by atoms with van der Waals surface area (Å²) in [6, 6.07) is 50.2. The Morgan fingerprint density at radius 3 is 1.62 bits per heavy atom. The third kappa shape index (κ3) is 4.87. The van der Waals surface area contributed by atoms with Crippen LogP contribution >= 0.6 is 0 Å². The molecule has 1 aromatic heterocycles. The standard InChI is InChI=1S/C54H49NO/c1-32-15-12-18-41(42-20-14-21-44-43-19-13-16-33(2)50(43)56-51(42)44)49(32)55(35-24-27-39-37-17-10-11-22-45(37)53(6,7)47(39)30-35)36-25-28-40-38-26-23-34(52(3,4)5)29-46(38)54(8,9)48(40)31-36/h10-31H,1-9H3. The molecule has 56 heavy (non-hydrogen) atoms. The van der Waals surface area contributed by atoms with Gasteiger partial charge in [0, 0.05) is 44.1 Å². The fourth-order valence-electron chi connectivity index (χ4n) is 9.92. The van der Waals surface area contributed by atoms with Crippen molar-refractivity contribution in [3.05, 3.63) is 172 Å². The molecule has 0 N–H and O–H groups in total. The number of para-hydroxylation sites is 3. The molecule has 0 saturated heterocycles. The summed E-state index contributed by atoms with van der Waals surface area (Å²) in [7, 11) is 0. The van der Waals surface area contributed by atoms with Gasteiger partial charge in [0.1, 0.15) is 11.2 Å². The van der Waals surface area contributed by atoms with Crippen LogP contribution in [0.4, 0.5) is 17.1 Å². The topological polar surface area (TPSA) is 16.4 Å². The molecule has 0 unspecified atom stereocenters. The van der Waals surface area contributed by atoms with Gasteiger partial charge in [-0.2, -0.15) is 0 Å². The summed E-state index contributed by atoms with van der Waals surface area (Å²) >= 11 is 0. The Bertz CT molecular complexity index is 2930. The van der Waals surface area contributed by atoms with Gasteiger partial charge < -0.3 is 9.32 Å². The van der Waals surface area contributed by atoms with Crippen molar-refractivity contribution in [1.82, 2.24) is 0 Å². The van der Waals surface area contributed by atoms with Crippen LogP contribution in [0.25, 0.3) is 55.3 Å². The number of rotatable bonds is 4. The monoisotopic (exact) mass is 727 g/mol. The Morgan fingerprint density at radius 2 is 0.946 bits per heavy atom. The van der Waals surface area contributed by atoms with Crippen LogP contribution in [0.15, 0.2) is 138 Å². The Labute approximate surface area is 331 Å². The first kappa shape index (κ1) is 34.6. The molecular weight excluding hydrogens is 679 g/mol. The van der Waals surface area contributed by atoms with Crippen LogP contribution in [0.5, 0.6) is 0 Å². The van der Waals surface area contributed by atoms with Gasteiger partial charge in [0.05, 0.1) is 5.69 Å². The summed E-state index contributed by atoms with van der Waals surface area (Å²) in [6.07, 6.45) is 0. The lowest BCUT2D eigenvalue weighted by Gasteiger charge is -2.32. The van der Waals surface area contributed by atoms with Crippen molar-refractivity contribution in [3.8, 4) is 33.4 Å². The maximum absolute atomic E-state index is 6.82. The second kappa shape index (κ2) is 11.8. The molecule has 0 bridgehead atoms. The van der Waals surface area contributed by atoms with E-state index in [0.717, 1.165) is 55.7 Å². The average molecular weight is 728 g/mol. The SMILES string of the molecule is Cc1cccc(-c2cccc3c2oc2c(C)cccc23)c1N(c1ccc2c(c1)C(C)(C)c1ccccc1-2)c1ccc2c(c1)C(C)(C)c1cc(C(C)(C)C)ccc1-2. The lowest BCUT2D eigenvalue weighted by atomic mass is 9.79. The molecule has 10 rings (SSSR count). The highest BCUT2D eigenvalue weighted by molar-refractivity contribution is 6.11. The van der Waals surface area contributed by atoms with Crippen LogP contribution in [-0.2, 0) is 16.2 Å². The molecule has 0 radical (unpaired) electrons. The minimum atomic E-state index is -0.165. The smallest absolute Gasteiger partial charge is 0.143 e. The van der Waals surface area contributed by atoms with Crippen LogP contribution in [-0.4, -0.2) is 0 Å². The van der Waals surface area contributed by atoms with E-state index in [1.54, 1.807) is 0 Å². The van der Waals surface area contributed by atoms with Crippen molar-refractivity contribution in [1.29, 1.82) is 0 Å². The second-order valence-corrected chi connectivity index (χ2v) is 18.3. The molecule has 8 aromatic rings. The van der Waals surface area contributed by atoms with Crippen molar-refractivity contribution >= 4 is 39.0 Å². The average Bonchev–Trinajstić information content (AvgIpc) is 3.76. The fourth-order valence-corrected chi connectivity index (χ4v) is 9.92. The van der Waals surface area contributed by atoms with Crippen LogP contribution in [0.3, 0.4) is 0 Å². The molecule has 2 aliphatic carbocycles. The molecule has 7 aromatic carbocycles. The highest BCUT2D eigenvalue weighted by atomic mass is 16.3. The quantitative estimate of drug-likeness (QED) is 0.179. The normalized spacial score (nSPS) is 14.8. The van der Waals surface area contributed by atoms with Crippen molar-refractivity contribution in [2.75, 3.05) is 4.90 Å². The predicted octanol–water partition coefficient (Wildman–Crippen LogP) is 15.2. The minimum Gasteiger partial charge on any atom is -0.455 e. The highest BCUT2D eigenvalue weighted by Gasteiger charge is 2.39. The molecule has 2 aliphatic rings. The van der Waals surface area contributed by atoms with Gasteiger partial charge in [-0.1, -0.05) is 158 Å². The number of benzene rings is 7. The first-order valence-corrected chi connectivity index (χ1v) is 20.1. The van der Waals surface area contributed by atoms with E-state index in [9.17, 15) is 0 Å². The lowest BCUT2D eigenvalue weighted by Crippen LogP contribution is -2.19. The number of hydrogen-bond donors (Lipinski definition) is 0. The molecule has 1 heterocycles. The second-order valence-electron chi connectivity index (χ2n) is 18.3. The zero-order chi connectivity index (χ0) is 38.9. The zero-order valence-corrected chi connectivity index (χ0v) is 34.1. The summed E-state index contributed by atoms with van der Waals surface area (Å²) in [5.74, 6) is 0. The van der Waals surface area contributed by atoms with Crippen LogP contribution in [0.1, 0.15) is 87.4 Å². The molecule has 0 saturated carbocycles. The van der Waals surface area contributed by atoms with Crippen molar-refractivity contribution in [2.45, 2.75) is 78.6 Å². The van der Waals surface area contributed by atoms with Gasteiger partial charge in [-0.15, -0.1) is 0 Å². The van der Waals surface area contributed by atoms with E-state index in [0.29, 0.717) is 0 Å². The highest BCUT2D eigenvalue weighted by Crippen LogP contribution is 2.55. The van der Waals surface area contributed by atoms with Gasteiger partial charge in [-0.25, -0.2) is 0 Å². The molecule has 0 atom stereocenters. The Kier molecular flexibility index (Phi) is 7.31. The van der Waals surface area contributed by atoms with E-state index in [1.807, 2.05) is 0 Å². The maximum atomic E-state index is 6.82. The molecule has 0 amide bonds. The maximum Gasteiger partial charge on any atom is 0.143 e. The summed E-state index contributed by atoms with van der Waals surface area (Å²) in [5.41, 5.74) is 21.9. The van der Waals surface area contributed by atoms with Gasteiger partial charge in [-0.05, 0) is 105 Å². The number of anilines is 3. The van der Waals surface area contributed by atoms with Gasteiger partial charge in [0.2, 0.25) is 0 Å². The van der Waals surface area contributed by atoms with Crippen LogP contribution in [0.2, 0.25) is 0 Å². The third-order valence-electron chi connectivity index (χ3n) is 13.1. The number of aryl methyl sites for hydroxylation is 2. The largest absolute Gasteiger partial charge is 0.455 e. The van der Waals surface area contributed by atoms with E-state index in [1.165, 1.54) is 55.6 Å². The molecule has 0 spiro atoms. The number of nitrogens with zero attached hydrogens (tertiary/aromatic N) is 1. The molecule has 276 valence electrons. The van der Waals surface area contributed by atoms with Gasteiger partial charge in [-0.3, -0.25) is 0 Å². The molecule has 2 heteroatoms. The van der Waals surface area contributed by atoms with E-state index in [4.69, 9.17) is 4.42 Å². The first-order chi connectivity index (χ1) is 26.7. The third-order valence-corrected chi connectivity index (χ3v) is 13.1. The Morgan fingerprint density at radius 1 is 0.446 bits per heavy atom. The zero-order valence-electron chi connectivity index (χ0n) is 34.1. The lowest BCUT2D eigenvalue weighted by molar-refractivity contribution is 0.584. The summed E-state index contributed by atoms with van der Waals surface area (Å²) in [6.45, 7) is 20.9. The van der Waals surface area contributed by atoms with Gasteiger partial charge in [0.15, 0.2) is 0 Å². The van der Waals surface area contributed by atoms with E-state index >= 15 is 0 Å². The van der Waals surface area contributed by atoms with Crippen molar-refractivity contribution in [3.63, 3.8) is 0 Å². The first-order valence-electron chi connectivity index (χ1n) is 20.1. The Hall–Kier alpha value is -5.86. The Balaban J connectivity index is 1.23. The molecule has 0 aliphatic heterocycles. The van der Waals surface area contributed by atoms with Crippen LogP contribution in [0, 0.1) is 13.8 Å².